The predicted octanol–water partition coefficient (Wildman–Crippen LogP) is 7.14. The number of halogens is 1. The number of rotatable bonds is 15. The smallest absolute Gasteiger partial charge is 0.218 e. The first kappa shape index (κ1) is 33.3. The van der Waals surface area contributed by atoms with Crippen LogP contribution in [-0.2, 0) is 24.6 Å². The maximum absolute atomic E-state index is 11.3. The fraction of sp³-hybridized carbons (Fsp3) is 0.306. The van der Waals surface area contributed by atoms with Gasteiger partial charge in [-0.05, 0) is 73.3 Å². The standard InChI is InChI=1S/C36H39ClN4O4/c1-5-14-43-33-11-7-10-31(25(33)3)30-9-6-8-28(24(30)2)23-45-35-17-34(44-22-27-15-26(18-38)19-40-20-27)29(16-32(35)37)21-41(4)13-12-36(39)42/h6-11,15-17,19-20H,5,12-14,21-23H2,1-4H3,(H2,39,42). The lowest BCUT2D eigenvalue weighted by molar-refractivity contribution is -0.118. The first-order valence-electron chi connectivity index (χ1n) is 14.9. The summed E-state index contributed by atoms with van der Waals surface area (Å²) in [4.78, 5) is 17.4. The molecule has 0 bridgehead atoms. The van der Waals surface area contributed by atoms with Gasteiger partial charge in [0.15, 0.2) is 0 Å². The van der Waals surface area contributed by atoms with Crippen molar-refractivity contribution < 1.29 is 19.0 Å². The van der Waals surface area contributed by atoms with E-state index in [0.717, 1.165) is 51.1 Å². The number of ether oxygens (including phenoxy) is 3. The third kappa shape index (κ3) is 8.98. The number of pyridine rings is 1. The van der Waals surface area contributed by atoms with Crippen molar-refractivity contribution in [2.75, 3.05) is 20.2 Å². The van der Waals surface area contributed by atoms with E-state index in [1.54, 1.807) is 18.3 Å². The van der Waals surface area contributed by atoms with Crippen LogP contribution in [-0.4, -0.2) is 36.0 Å². The summed E-state index contributed by atoms with van der Waals surface area (Å²) < 4.78 is 18.5. The van der Waals surface area contributed by atoms with Gasteiger partial charge in [0.2, 0.25) is 5.91 Å². The SMILES string of the molecule is CCCOc1cccc(-c2cccc(COc3cc(OCc4cncc(C#N)c4)c(CN(C)CCC(N)=O)cc3Cl)c2C)c1C. The molecule has 0 saturated carbocycles. The van der Waals surface area contributed by atoms with Crippen LogP contribution in [0.2, 0.25) is 5.02 Å². The molecular formula is C36H39ClN4O4. The average Bonchev–Trinajstić information content (AvgIpc) is 3.03. The fourth-order valence-electron chi connectivity index (χ4n) is 4.97. The molecule has 4 aromatic rings. The number of hydrogen-bond acceptors (Lipinski definition) is 7. The van der Waals surface area contributed by atoms with E-state index in [1.807, 2.05) is 42.3 Å². The number of carbonyl (C=O) groups excluding carboxylic acids is 1. The summed E-state index contributed by atoms with van der Waals surface area (Å²) in [6, 6.07) is 19.8. The van der Waals surface area contributed by atoms with Gasteiger partial charge in [-0.2, -0.15) is 5.26 Å². The zero-order valence-corrected chi connectivity index (χ0v) is 27.0. The first-order chi connectivity index (χ1) is 21.7. The van der Waals surface area contributed by atoms with E-state index in [0.29, 0.717) is 48.4 Å². The zero-order chi connectivity index (χ0) is 32.3. The van der Waals surface area contributed by atoms with Crippen LogP contribution in [0.15, 0.2) is 67.0 Å². The number of nitrogens with two attached hydrogens (primary N) is 1. The zero-order valence-electron chi connectivity index (χ0n) is 26.2. The molecule has 0 spiro atoms. The molecule has 0 fully saturated rings. The third-order valence-corrected chi connectivity index (χ3v) is 7.77. The van der Waals surface area contributed by atoms with Gasteiger partial charge in [0, 0.05) is 49.1 Å². The molecule has 1 aromatic heterocycles. The Balaban J connectivity index is 1.58. The lowest BCUT2D eigenvalue weighted by Gasteiger charge is -2.21. The molecule has 1 amide bonds. The van der Waals surface area contributed by atoms with E-state index < -0.39 is 0 Å². The summed E-state index contributed by atoms with van der Waals surface area (Å²) in [7, 11) is 1.90. The normalized spacial score (nSPS) is 10.9. The summed E-state index contributed by atoms with van der Waals surface area (Å²) in [5.41, 5.74) is 12.9. The molecule has 9 heteroatoms. The lowest BCUT2D eigenvalue weighted by Crippen LogP contribution is -2.24. The predicted molar refractivity (Wildman–Crippen MR) is 176 cm³/mol. The number of primary amides is 1. The molecule has 0 atom stereocenters. The molecule has 0 aliphatic heterocycles. The summed E-state index contributed by atoms with van der Waals surface area (Å²) in [5.74, 6) is 1.59. The van der Waals surface area contributed by atoms with Crippen LogP contribution in [0.4, 0.5) is 0 Å². The monoisotopic (exact) mass is 626 g/mol. The molecule has 3 aromatic carbocycles. The van der Waals surface area contributed by atoms with Crippen molar-refractivity contribution in [2.45, 2.75) is 53.4 Å². The Labute approximate surface area is 270 Å². The minimum absolute atomic E-state index is 0.198. The average molecular weight is 627 g/mol. The second-order valence-electron chi connectivity index (χ2n) is 11.0. The Morgan fingerprint density at radius 1 is 0.933 bits per heavy atom. The van der Waals surface area contributed by atoms with Crippen molar-refractivity contribution in [1.29, 1.82) is 5.26 Å². The molecule has 0 radical (unpaired) electrons. The van der Waals surface area contributed by atoms with Crippen LogP contribution in [0.5, 0.6) is 17.2 Å². The third-order valence-electron chi connectivity index (χ3n) is 7.48. The van der Waals surface area contributed by atoms with Crippen molar-refractivity contribution >= 4 is 17.5 Å². The number of nitrogens with zero attached hydrogens (tertiary/aromatic N) is 3. The Morgan fingerprint density at radius 3 is 2.40 bits per heavy atom. The number of hydrogen-bond donors (Lipinski definition) is 1. The van der Waals surface area contributed by atoms with Crippen LogP contribution >= 0.6 is 11.6 Å². The van der Waals surface area contributed by atoms with Crippen LogP contribution < -0.4 is 19.9 Å². The maximum Gasteiger partial charge on any atom is 0.218 e. The lowest BCUT2D eigenvalue weighted by atomic mass is 9.93. The highest BCUT2D eigenvalue weighted by molar-refractivity contribution is 6.32. The van der Waals surface area contributed by atoms with E-state index >= 15 is 0 Å². The Bertz CT molecular complexity index is 1680. The minimum atomic E-state index is -0.364. The van der Waals surface area contributed by atoms with Gasteiger partial charge in [0.1, 0.15) is 36.5 Å². The van der Waals surface area contributed by atoms with Crippen molar-refractivity contribution in [1.82, 2.24) is 9.88 Å². The first-order valence-corrected chi connectivity index (χ1v) is 15.3. The van der Waals surface area contributed by atoms with E-state index in [4.69, 9.17) is 31.5 Å². The second-order valence-corrected chi connectivity index (χ2v) is 11.4. The highest BCUT2D eigenvalue weighted by Gasteiger charge is 2.16. The number of nitriles is 1. The molecule has 0 saturated heterocycles. The highest BCUT2D eigenvalue weighted by atomic mass is 35.5. The molecular weight excluding hydrogens is 588 g/mol. The Morgan fingerprint density at radius 2 is 1.67 bits per heavy atom. The summed E-state index contributed by atoms with van der Waals surface area (Å²) in [5, 5.41) is 9.70. The Hall–Kier alpha value is -4.58. The van der Waals surface area contributed by atoms with Gasteiger partial charge in [-0.15, -0.1) is 0 Å². The summed E-state index contributed by atoms with van der Waals surface area (Å²) in [6.07, 6.45) is 4.35. The quantitative estimate of drug-likeness (QED) is 0.149. The van der Waals surface area contributed by atoms with Crippen molar-refractivity contribution in [3.63, 3.8) is 0 Å². The molecule has 4 rings (SSSR count). The van der Waals surface area contributed by atoms with Crippen molar-refractivity contribution in [3.05, 3.63) is 105 Å². The van der Waals surface area contributed by atoms with Gasteiger partial charge in [0.25, 0.3) is 0 Å². The summed E-state index contributed by atoms with van der Waals surface area (Å²) >= 11 is 6.75. The minimum Gasteiger partial charge on any atom is -0.493 e. The molecule has 0 aliphatic rings. The number of benzene rings is 3. The van der Waals surface area contributed by atoms with E-state index in [1.165, 1.54) is 6.20 Å². The number of carbonyl (C=O) groups is 1. The van der Waals surface area contributed by atoms with Gasteiger partial charge in [-0.25, -0.2) is 0 Å². The summed E-state index contributed by atoms with van der Waals surface area (Å²) in [6.45, 7) is 8.41. The van der Waals surface area contributed by atoms with Crippen molar-refractivity contribution in [2.24, 2.45) is 5.73 Å². The van der Waals surface area contributed by atoms with Gasteiger partial charge < -0.3 is 24.8 Å². The molecule has 0 unspecified atom stereocenters. The molecule has 8 nitrogen and oxygen atoms in total. The highest BCUT2D eigenvalue weighted by Crippen LogP contribution is 2.36. The molecule has 234 valence electrons. The van der Waals surface area contributed by atoms with Crippen LogP contribution in [0.3, 0.4) is 0 Å². The van der Waals surface area contributed by atoms with Gasteiger partial charge in [-0.3, -0.25) is 9.78 Å². The largest absolute Gasteiger partial charge is 0.493 e. The topological polar surface area (TPSA) is 111 Å². The second kappa shape index (κ2) is 15.9. The molecule has 1 heterocycles. The Kier molecular flexibility index (Phi) is 11.8. The number of amides is 1. The molecule has 45 heavy (non-hydrogen) atoms. The maximum atomic E-state index is 11.3. The van der Waals surface area contributed by atoms with Crippen LogP contribution in [0, 0.1) is 25.2 Å². The number of aromatic nitrogens is 1. The van der Waals surface area contributed by atoms with Gasteiger partial charge in [0.05, 0.1) is 17.2 Å². The fourth-order valence-corrected chi connectivity index (χ4v) is 5.21. The van der Waals surface area contributed by atoms with E-state index in [2.05, 4.69) is 44.0 Å². The van der Waals surface area contributed by atoms with Gasteiger partial charge in [-0.1, -0.05) is 48.9 Å². The van der Waals surface area contributed by atoms with E-state index in [-0.39, 0.29) is 18.9 Å². The molecule has 2 N–H and O–H groups in total. The molecule has 0 aliphatic carbocycles. The van der Waals surface area contributed by atoms with E-state index in [9.17, 15) is 10.1 Å². The van der Waals surface area contributed by atoms with Crippen LogP contribution in [0.25, 0.3) is 11.1 Å². The van der Waals surface area contributed by atoms with Crippen molar-refractivity contribution in [3.8, 4) is 34.4 Å². The van der Waals surface area contributed by atoms with Gasteiger partial charge >= 0.3 is 0 Å². The van der Waals surface area contributed by atoms with Crippen LogP contribution in [0.1, 0.15) is 53.1 Å².